The van der Waals surface area contributed by atoms with Crippen LogP contribution >= 0.6 is 0 Å². The molecule has 0 spiro atoms. The van der Waals surface area contributed by atoms with Gasteiger partial charge in [-0.2, -0.15) is 0 Å². The second kappa shape index (κ2) is 9.98. The molecular weight excluding hydrogens is 370 g/mol. The van der Waals surface area contributed by atoms with Crippen LogP contribution in [0, 0.1) is 0 Å². The van der Waals surface area contributed by atoms with Crippen LogP contribution in [0.25, 0.3) is 22.3 Å². The van der Waals surface area contributed by atoms with Gasteiger partial charge in [-0.1, -0.05) is 43.7 Å². The molecule has 0 aliphatic rings. The summed E-state index contributed by atoms with van der Waals surface area (Å²) in [5.41, 5.74) is 0.376. The van der Waals surface area contributed by atoms with Gasteiger partial charge in [0.1, 0.15) is 16.9 Å². The van der Waals surface area contributed by atoms with Crippen LogP contribution in [0.4, 0.5) is 0 Å². The lowest BCUT2D eigenvalue weighted by Crippen LogP contribution is -2.17. The molecular formula is C23H27NO5. The van der Waals surface area contributed by atoms with Gasteiger partial charge >= 0.3 is 0 Å². The van der Waals surface area contributed by atoms with Gasteiger partial charge in [0.15, 0.2) is 16.8 Å². The number of aromatic hydroxyl groups is 2. The normalized spacial score (nSPS) is 11.1. The van der Waals surface area contributed by atoms with E-state index in [0.29, 0.717) is 12.4 Å². The van der Waals surface area contributed by atoms with Crippen molar-refractivity contribution in [1.29, 1.82) is 0 Å². The number of benzene rings is 2. The van der Waals surface area contributed by atoms with Gasteiger partial charge in [-0.05, 0) is 32.4 Å². The Bertz CT molecular complexity index is 998. The average molecular weight is 397 g/mol. The number of fused-ring (bicyclic) bond motifs is 1. The van der Waals surface area contributed by atoms with Crippen LogP contribution in [-0.4, -0.2) is 29.9 Å². The average Bonchev–Trinajstić information content (AvgIpc) is 2.72. The molecule has 2 aromatic carbocycles. The van der Waals surface area contributed by atoms with Gasteiger partial charge in [0.2, 0.25) is 5.75 Å². The van der Waals surface area contributed by atoms with Crippen molar-refractivity contribution >= 4 is 11.0 Å². The lowest BCUT2D eigenvalue weighted by Gasteiger charge is -2.12. The van der Waals surface area contributed by atoms with Gasteiger partial charge in [0, 0.05) is 17.7 Å². The molecule has 3 rings (SSSR count). The predicted octanol–water partition coefficient (Wildman–Crippen LogP) is 4.42. The number of rotatable bonds is 10. The topological polar surface area (TPSA) is 91.9 Å². The lowest BCUT2D eigenvalue weighted by atomic mass is 10.1. The minimum absolute atomic E-state index is 0.00119. The van der Waals surface area contributed by atoms with Crippen LogP contribution in [0.2, 0.25) is 0 Å². The molecule has 0 amide bonds. The summed E-state index contributed by atoms with van der Waals surface area (Å²) in [6.07, 6.45) is 4.04. The molecule has 6 nitrogen and oxygen atoms in total. The van der Waals surface area contributed by atoms with Crippen molar-refractivity contribution in [3.8, 4) is 28.6 Å². The van der Waals surface area contributed by atoms with Crippen LogP contribution in [0.5, 0.6) is 17.2 Å². The van der Waals surface area contributed by atoms with Gasteiger partial charge in [0.05, 0.1) is 6.61 Å². The molecule has 6 heteroatoms. The molecule has 154 valence electrons. The summed E-state index contributed by atoms with van der Waals surface area (Å²) in [5, 5.41) is 23.8. The molecule has 0 aliphatic carbocycles. The summed E-state index contributed by atoms with van der Waals surface area (Å²) in [6.45, 7) is 4.43. The molecule has 29 heavy (non-hydrogen) atoms. The van der Waals surface area contributed by atoms with Crippen molar-refractivity contribution in [3.63, 3.8) is 0 Å². The predicted molar refractivity (Wildman–Crippen MR) is 114 cm³/mol. The van der Waals surface area contributed by atoms with Crippen LogP contribution in [0.3, 0.4) is 0 Å². The Kier molecular flexibility index (Phi) is 7.14. The number of nitrogens with one attached hydrogen (secondary N) is 1. The van der Waals surface area contributed by atoms with E-state index >= 15 is 0 Å². The second-order valence-corrected chi connectivity index (χ2v) is 6.95. The fraction of sp³-hybridized carbons (Fsp3) is 0.348. The first kappa shape index (κ1) is 20.7. The maximum atomic E-state index is 12.6. The minimum Gasteiger partial charge on any atom is -0.507 e. The van der Waals surface area contributed by atoms with E-state index in [1.165, 1.54) is 12.5 Å². The van der Waals surface area contributed by atoms with Crippen molar-refractivity contribution in [3.05, 3.63) is 52.7 Å². The van der Waals surface area contributed by atoms with Gasteiger partial charge in [0.25, 0.3) is 0 Å². The number of hydrogen-bond donors (Lipinski definition) is 3. The van der Waals surface area contributed by atoms with E-state index < -0.39 is 5.43 Å². The highest BCUT2D eigenvalue weighted by molar-refractivity contribution is 5.91. The molecule has 3 N–H and O–H groups in total. The zero-order chi connectivity index (χ0) is 20.6. The SMILES string of the molecule is CCCCNCCCCOc1c(O)cc(O)c2c(=O)cc(-c3ccccc3)oc12. The molecule has 0 radical (unpaired) electrons. The van der Waals surface area contributed by atoms with Crippen molar-refractivity contribution in [2.75, 3.05) is 19.7 Å². The molecule has 1 aromatic heterocycles. The highest BCUT2D eigenvalue weighted by Gasteiger charge is 2.19. The Morgan fingerprint density at radius 1 is 1.00 bits per heavy atom. The van der Waals surface area contributed by atoms with E-state index in [2.05, 4.69) is 12.2 Å². The third-order valence-electron chi connectivity index (χ3n) is 4.68. The first-order valence-corrected chi connectivity index (χ1v) is 10.0. The first-order chi connectivity index (χ1) is 14.1. The smallest absolute Gasteiger partial charge is 0.205 e. The summed E-state index contributed by atoms with van der Waals surface area (Å²) < 4.78 is 11.6. The Hall–Kier alpha value is -2.99. The molecule has 0 aliphatic heterocycles. The van der Waals surface area contributed by atoms with Crippen molar-refractivity contribution in [1.82, 2.24) is 5.32 Å². The fourth-order valence-corrected chi connectivity index (χ4v) is 3.12. The summed E-state index contributed by atoms with van der Waals surface area (Å²) in [6, 6.07) is 11.6. The van der Waals surface area contributed by atoms with Crippen molar-refractivity contribution in [2.24, 2.45) is 0 Å². The Labute approximate surface area is 169 Å². The Morgan fingerprint density at radius 2 is 1.76 bits per heavy atom. The molecule has 0 unspecified atom stereocenters. The number of phenolic OH excluding ortho intramolecular Hbond substituents is 2. The van der Waals surface area contributed by atoms with E-state index in [0.717, 1.165) is 44.0 Å². The van der Waals surface area contributed by atoms with E-state index in [4.69, 9.17) is 9.15 Å². The third-order valence-corrected chi connectivity index (χ3v) is 4.68. The standard InChI is InChI=1S/C23H27NO5/c1-2-3-11-24-12-7-8-13-28-22-19(27)14-17(25)21-18(26)15-20(29-23(21)22)16-9-5-4-6-10-16/h4-6,9-10,14-15,24-25,27H,2-3,7-8,11-13H2,1H3. The third kappa shape index (κ3) is 5.09. The van der Waals surface area contributed by atoms with E-state index in [1.807, 2.05) is 30.3 Å². The number of ether oxygens (including phenoxy) is 1. The van der Waals surface area contributed by atoms with Crippen LogP contribution in [0.1, 0.15) is 32.6 Å². The van der Waals surface area contributed by atoms with Gasteiger partial charge in [-0.3, -0.25) is 4.79 Å². The Morgan fingerprint density at radius 3 is 2.52 bits per heavy atom. The maximum Gasteiger partial charge on any atom is 0.205 e. The van der Waals surface area contributed by atoms with Crippen LogP contribution < -0.4 is 15.5 Å². The van der Waals surface area contributed by atoms with Gasteiger partial charge < -0.3 is 24.7 Å². The molecule has 3 aromatic rings. The highest BCUT2D eigenvalue weighted by Crippen LogP contribution is 2.40. The van der Waals surface area contributed by atoms with E-state index in [9.17, 15) is 15.0 Å². The molecule has 0 saturated carbocycles. The fourth-order valence-electron chi connectivity index (χ4n) is 3.12. The Balaban J connectivity index is 1.81. The van der Waals surface area contributed by atoms with Gasteiger partial charge in [-0.25, -0.2) is 0 Å². The molecule has 1 heterocycles. The van der Waals surface area contributed by atoms with Crippen molar-refractivity contribution in [2.45, 2.75) is 32.6 Å². The summed E-state index contributed by atoms with van der Waals surface area (Å²) in [5.74, 6) is -0.174. The minimum atomic E-state index is -0.396. The monoisotopic (exact) mass is 397 g/mol. The summed E-state index contributed by atoms with van der Waals surface area (Å²) in [4.78, 5) is 12.6. The number of unbranched alkanes of at least 4 members (excludes halogenated alkanes) is 2. The van der Waals surface area contributed by atoms with Crippen molar-refractivity contribution < 1.29 is 19.4 Å². The second-order valence-electron chi connectivity index (χ2n) is 6.95. The van der Waals surface area contributed by atoms with E-state index in [1.54, 1.807) is 0 Å². The van der Waals surface area contributed by atoms with Gasteiger partial charge in [-0.15, -0.1) is 0 Å². The first-order valence-electron chi connectivity index (χ1n) is 10.0. The zero-order valence-electron chi connectivity index (χ0n) is 16.6. The quantitative estimate of drug-likeness (QED) is 0.439. The zero-order valence-corrected chi connectivity index (χ0v) is 16.6. The molecule has 0 fully saturated rings. The molecule has 0 atom stereocenters. The highest BCUT2D eigenvalue weighted by atomic mass is 16.5. The summed E-state index contributed by atoms with van der Waals surface area (Å²) in [7, 11) is 0. The summed E-state index contributed by atoms with van der Waals surface area (Å²) >= 11 is 0. The number of phenols is 2. The molecule has 0 saturated heterocycles. The maximum absolute atomic E-state index is 12.6. The molecule has 0 bridgehead atoms. The largest absolute Gasteiger partial charge is 0.507 e. The van der Waals surface area contributed by atoms with Crippen LogP contribution in [0.15, 0.2) is 51.7 Å². The van der Waals surface area contributed by atoms with Crippen LogP contribution in [-0.2, 0) is 0 Å². The number of hydrogen-bond acceptors (Lipinski definition) is 6. The lowest BCUT2D eigenvalue weighted by molar-refractivity contribution is 0.288. The van der Waals surface area contributed by atoms with E-state index in [-0.39, 0.29) is 28.2 Å².